The van der Waals surface area contributed by atoms with Crippen LogP contribution < -0.4 is 0 Å². The molecule has 11 atom stereocenters. The van der Waals surface area contributed by atoms with Crippen LogP contribution in [0.1, 0.15) is 105 Å². The second-order valence-electron chi connectivity index (χ2n) is 14.6. The summed E-state index contributed by atoms with van der Waals surface area (Å²) in [4.78, 5) is 11.1. The van der Waals surface area contributed by atoms with Crippen LogP contribution in [-0.4, -0.2) is 46.7 Å². The first-order valence-electron chi connectivity index (χ1n) is 14.4. The zero-order valence-corrected chi connectivity index (χ0v) is 23.0. The lowest BCUT2D eigenvalue weighted by Crippen LogP contribution is -2.59. The standard InChI is InChI=1S/C30H50O5/c1-18(15-19(35-6)7-10-25(33)34)20-16-24(32)28(5)22-9-8-21-26(2,3)23(31)11-12-29(21)17-30(22,29)14-13-27(20,28)4/h18-24,31-32H,7-17H2,1-6H3,(H,33,34)/t18-,19?,20-,21+,22?,23?,24+,27?,28-,29?,30?/m1/s1. The fourth-order valence-corrected chi connectivity index (χ4v) is 11.5. The maximum atomic E-state index is 11.8. The van der Waals surface area contributed by atoms with Crippen LogP contribution in [0.25, 0.3) is 0 Å². The smallest absolute Gasteiger partial charge is 0.303 e. The van der Waals surface area contributed by atoms with Crippen molar-refractivity contribution >= 4 is 5.97 Å². The minimum absolute atomic E-state index is 0.00909. The third-order valence-electron chi connectivity index (χ3n) is 13.6. The summed E-state index contributed by atoms with van der Waals surface area (Å²) >= 11 is 0. The van der Waals surface area contributed by atoms with Gasteiger partial charge in [0, 0.05) is 18.9 Å². The molecule has 5 aliphatic carbocycles. The Morgan fingerprint density at radius 1 is 0.971 bits per heavy atom. The van der Waals surface area contributed by atoms with E-state index in [0.717, 1.165) is 19.3 Å². The van der Waals surface area contributed by atoms with Crippen molar-refractivity contribution in [3.63, 3.8) is 0 Å². The van der Waals surface area contributed by atoms with Crippen molar-refractivity contribution < 1.29 is 24.9 Å². The molecule has 0 amide bonds. The average Bonchev–Trinajstić information content (AvgIpc) is 3.42. The van der Waals surface area contributed by atoms with Crippen molar-refractivity contribution in [2.75, 3.05) is 7.11 Å². The van der Waals surface area contributed by atoms with Gasteiger partial charge >= 0.3 is 5.97 Å². The Bertz CT molecular complexity index is 856. The Labute approximate surface area is 212 Å². The predicted molar refractivity (Wildman–Crippen MR) is 136 cm³/mol. The van der Waals surface area contributed by atoms with Gasteiger partial charge in [0.15, 0.2) is 0 Å². The van der Waals surface area contributed by atoms with Gasteiger partial charge in [-0.25, -0.2) is 0 Å². The topological polar surface area (TPSA) is 87.0 Å². The molecule has 0 aromatic carbocycles. The summed E-state index contributed by atoms with van der Waals surface area (Å²) in [7, 11) is 1.70. The summed E-state index contributed by atoms with van der Waals surface area (Å²) in [5.74, 6) is 1.22. The number of hydrogen-bond donors (Lipinski definition) is 3. The van der Waals surface area contributed by atoms with Crippen molar-refractivity contribution in [1.29, 1.82) is 0 Å². The lowest BCUT2D eigenvalue weighted by Gasteiger charge is -2.63. The van der Waals surface area contributed by atoms with Gasteiger partial charge in [-0.15, -0.1) is 0 Å². The zero-order valence-electron chi connectivity index (χ0n) is 23.0. The molecule has 0 aromatic rings. The number of aliphatic hydroxyl groups excluding tert-OH is 2. The highest BCUT2D eigenvalue weighted by atomic mass is 16.5. The molecule has 0 heterocycles. The average molecular weight is 491 g/mol. The Morgan fingerprint density at radius 2 is 1.63 bits per heavy atom. The van der Waals surface area contributed by atoms with E-state index in [1.165, 1.54) is 38.5 Å². The monoisotopic (exact) mass is 490 g/mol. The van der Waals surface area contributed by atoms with Gasteiger partial charge in [-0.3, -0.25) is 4.79 Å². The van der Waals surface area contributed by atoms with Crippen molar-refractivity contribution in [1.82, 2.24) is 0 Å². The van der Waals surface area contributed by atoms with Crippen LogP contribution >= 0.6 is 0 Å². The van der Waals surface area contributed by atoms with Crippen LogP contribution in [0.5, 0.6) is 0 Å². The molecular weight excluding hydrogens is 440 g/mol. The molecule has 0 bridgehead atoms. The number of carbonyl (C=O) groups is 1. The lowest BCUT2D eigenvalue weighted by molar-refractivity contribution is -0.182. The van der Waals surface area contributed by atoms with Gasteiger partial charge in [-0.05, 0) is 110 Å². The maximum absolute atomic E-state index is 11.8. The normalized spacial score (nSPS) is 51.4. The third kappa shape index (κ3) is 3.25. The van der Waals surface area contributed by atoms with Crippen LogP contribution in [0.3, 0.4) is 0 Å². The number of methoxy groups -OCH3 is 1. The van der Waals surface area contributed by atoms with E-state index < -0.39 is 5.97 Å². The van der Waals surface area contributed by atoms with Crippen molar-refractivity contribution in [3.8, 4) is 0 Å². The molecule has 0 saturated heterocycles. The number of carboxylic acids is 1. The van der Waals surface area contributed by atoms with Gasteiger partial charge in [-0.1, -0.05) is 34.6 Å². The molecular formula is C30H50O5. The molecule has 35 heavy (non-hydrogen) atoms. The van der Waals surface area contributed by atoms with Gasteiger partial charge in [0.05, 0.1) is 18.3 Å². The maximum Gasteiger partial charge on any atom is 0.303 e. The molecule has 6 unspecified atom stereocenters. The number of ether oxygens (including phenoxy) is 1. The van der Waals surface area contributed by atoms with Crippen molar-refractivity contribution in [2.45, 2.75) is 124 Å². The van der Waals surface area contributed by atoms with E-state index in [-0.39, 0.29) is 41.0 Å². The zero-order chi connectivity index (χ0) is 25.6. The molecule has 200 valence electrons. The summed E-state index contributed by atoms with van der Waals surface area (Å²) in [6, 6.07) is 0. The van der Waals surface area contributed by atoms with E-state index in [4.69, 9.17) is 9.84 Å². The number of aliphatic carboxylic acids is 1. The summed E-state index contributed by atoms with van der Waals surface area (Å²) in [5.41, 5.74) is 0.738. The van der Waals surface area contributed by atoms with Crippen molar-refractivity contribution in [2.24, 2.45) is 50.7 Å². The molecule has 2 spiro atoms. The Morgan fingerprint density at radius 3 is 2.29 bits per heavy atom. The van der Waals surface area contributed by atoms with Gasteiger partial charge < -0.3 is 20.1 Å². The fraction of sp³-hybridized carbons (Fsp3) is 0.967. The minimum atomic E-state index is -0.763. The molecule has 0 aliphatic heterocycles. The van der Waals surface area contributed by atoms with Gasteiger partial charge in [0.2, 0.25) is 0 Å². The van der Waals surface area contributed by atoms with Crippen LogP contribution in [0.4, 0.5) is 0 Å². The first kappa shape index (κ1) is 26.0. The van der Waals surface area contributed by atoms with E-state index in [1.54, 1.807) is 7.11 Å². The lowest BCUT2D eigenvalue weighted by atomic mass is 9.41. The largest absolute Gasteiger partial charge is 0.481 e. The molecule has 5 aliphatic rings. The third-order valence-corrected chi connectivity index (χ3v) is 13.6. The number of hydrogen-bond acceptors (Lipinski definition) is 4. The van der Waals surface area contributed by atoms with Crippen molar-refractivity contribution in [3.05, 3.63) is 0 Å². The van der Waals surface area contributed by atoms with Gasteiger partial charge in [0.1, 0.15) is 0 Å². The van der Waals surface area contributed by atoms with E-state index in [0.29, 0.717) is 40.9 Å². The van der Waals surface area contributed by atoms with Crippen LogP contribution in [0, 0.1) is 50.7 Å². The van der Waals surface area contributed by atoms with Gasteiger partial charge in [0.25, 0.3) is 0 Å². The predicted octanol–water partition coefficient (Wildman–Crippen LogP) is 5.66. The SMILES string of the molecule is COC(CCC(=O)O)C[C@@H](C)[C@H]1C[C@H](O)[C@@]2(C)C3CC[C@H]4C(C)(C)C(O)CCC45CC35CCC12C. The first-order valence-corrected chi connectivity index (χ1v) is 14.4. The summed E-state index contributed by atoms with van der Waals surface area (Å²) in [6.07, 6.45) is 10.1. The fourth-order valence-electron chi connectivity index (χ4n) is 11.5. The van der Waals surface area contributed by atoms with E-state index in [9.17, 15) is 15.0 Å². The summed E-state index contributed by atoms with van der Waals surface area (Å²) in [5, 5.41) is 31.8. The minimum Gasteiger partial charge on any atom is -0.481 e. The molecule has 0 radical (unpaired) electrons. The summed E-state index contributed by atoms with van der Waals surface area (Å²) < 4.78 is 5.70. The number of aliphatic hydroxyl groups is 2. The van der Waals surface area contributed by atoms with Gasteiger partial charge in [-0.2, -0.15) is 0 Å². The second-order valence-corrected chi connectivity index (χ2v) is 14.6. The van der Waals surface area contributed by atoms with Crippen LogP contribution in [0.2, 0.25) is 0 Å². The molecule has 5 heteroatoms. The molecule has 3 N–H and O–H groups in total. The van der Waals surface area contributed by atoms with E-state index in [1.807, 2.05) is 0 Å². The second kappa shape index (κ2) is 8.17. The Hall–Kier alpha value is -0.650. The molecule has 5 fully saturated rings. The van der Waals surface area contributed by atoms with E-state index >= 15 is 0 Å². The molecule has 0 aromatic heterocycles. The van der Waals surface area contributed by atoms with E-state index in [2.05, 4.69) is 34.6 Å². The number of carboxylic acid groups (broad SMARTS) is 1. The van der Waals surface area contributed by atoms with Crippen LogP contribution in [-0.2, 0) is 9.53 Å². The highest BCUT2D eigenvalue weighted by Crippen LogP contribution is 2.89. The Kier molecular flexibility index (Phi) is 6.07. The number of fused-ring (bicyclic) bond motifs is 2. The molecule has 5 nitrogen and oxygen atoms in total. The molecule has 5 saturated carbocycles. The highest BCUT2D eigenvalue weighted by molar-refractivity contribution is 5.66. The first-order chi connectivity index (χ1) is 16.3. The highest BCUT2D eigenvalue weighted by Gasteiger charge is 2.83. The summed E-state index contributed by atoms with van der Waals surface area (Å²) in [6.45, 7) is 11.8. The van der Waals surface area contributed by atoms with Crippen LogP contribution in [0.15, 0.2) is 0 Å². The Balaban J connectivity index is 1.40. The molecule has 5 rings (SSSR count). The quantitative estimate of drug-likeness (QED) is 0.428. The number of rotatable bonds is 7.